The second-order valence-electron chi connectivity index (χ2n) is 5.71. The summed E-state index contributed by atoms with van der Waals surface area (Å²) in [6, 6.07) is -0.319. The Morgan fingerprint density at radius 2 is 2.24 bits per heavy atom. The van der Waals surface area contributed by atoms with Crippen molar-refractivity contribution in [2.75, 3.05) is 19.9 Å². The highest BCUT2D eigenvalue weighted by atomic mass is 16.5. The van der Waals surface area contributed by atoms with E-state index in [0.29, 0.717) is 6.61 Å². The van der Waals surface area contributed by atoms with Gasteiger partial charge >= 0.3 is 0 Å². The predicted octanol–water partition coefficient (Wildman–Crippen LogP) is 0.776. The number of amides is 1. The van der Waals surface area contributed by atoms with Crippen molar-refractivity contribution in [3.8, 4) is 0 Å². The molecule has 0 aliphatic carbocycles. The number of rotatable bonds is 4. The highest BCUT2D eigenvalue weighted by molar-refractivity contribution is 5.83. The molecule has 1 rings (SSSR count). The average Bonchev–Trinajstić information content (AvgIpc) is 2.71. The molecule has 1 heterocycles. The summed E-state index contributed by atoms with van der Waals surface area (Å²) in [7, 11) is 0. The number of likely N-dealkylation sites (tertiary alicyclic amines) is 1. The minimum Gasteiger partial charge on any atom is -0.364 e. The Hall–Kier alpha value is -0.650. The quantitative estimate of drug-likeness (QED) is 0.719. The number of hydrogen-bond acceptors (Lipinski definition) is 4. The van der Waals surface area contributed by atoms with Crippen molar-refractivity contribution < 1.29 is 12.4 Å². The molecule has 1 unspecified atom stereocenters. The van der Waals surface area contributed by atoms with Gasteiger partial charge in [0, 0.05) is 9.40 Å². The second-order valence-corrected chi connectivity index (χ2v) is 5.71. The zero-order chi connectivity index (χ0) is 13.1. The molecular formula is C12H29N3O2. The lowest BCUT2D eigenvalue weighted by Crippen LogP contribution is -2.52. The van der Waals surface area contributed by atoms with E-state index in [-0.39, 0.29) is 26.9 Å². The first-order chi connectivity index (χ1) is 7.88. The van der Waals surface area contributed by atoms with Crippen LogP contribution in [0.3, 0.4) is 0 Å². The molecular weight excluding hydrogens is 218 g/mol. The molecule has 104 valence electrons. The van der Waals surface area contributed by atoms with Crippen molar-refractivity contribution in [2.24, 2.45) is 16.9 Å². The molecule has 2 atom stereocenters. The topological polar surface area (TPSA) is 81.6 Å². The van der Waals surface area contributed by atoms with Crippen molar-refractivity contribution >= 4 is 5.91 Å². The Bertz CT molecular complexity index is 272. The lowest BCUT2D eigenvalue weighted by Gasteiger charge is -2.32. The Balaban J connectivity index is 0. The summed E-state index contributed by atoms with van der Waals surface area (Å²) in [5.41, 5.74) is 11.1. The largest absolute Gasteiger partial charge is 0.364 e. The minimum atomic E-state index is -0.457. The maximum atomic E-state index is 12.3. The van der Waals surface area contributed by atoms with Crippen LogP contribution in [-0.2, 0) is 9.53 Å². The molecule has 1 fully saturated rings. The Labute approximate surface area is 106 Å². The molecule has 0 bridgehead atoms. The van der Waals surface area contributed by atoms with Gasteiger partial charge in [-0.2, -0.15) is 0 Å². The normalized spacial score (nSPS) is 22.9. The third-order valence-corrected chi connectivity index (χ3v) is 3.29. The first-order valence-electron chi connectivity index (χ1n) is 6.21. The van der Waals surface area contributed by atoms with Crippen molar-refractivity contribution in [1.29, 1.82) is 0 Å². The van der Waals surface area contributed by atoms with E-state index in [2.05, 4.69) is 0 Å². The Morgan fingerprint density at radius 1 is 1.59 bits per heavy atom. The number of carbonyl (C=O) groups is 1. The third kappa shape index (κ3) is 3.66. The van der Waals surface area contributed by atoms with Gasteiger partial charge in [0.05, 0.1) is 25.4 Å². The van der Waals surface area contributed by atoms with Gasteiger partial charge in [-0.05, 0) is 18.3 Å². The molecule has 1 saturated heterocycles. The molecule has 0 aromatic heterocycles. The zero-order valence-corrected chi connectivity index (χ0v) is 11.1. The van der Waals surface area contributed by atoms with E-state index in [1.165, 1.54) is 0 Å². The van der Waals surface area contributed by atoms with Gasteiger partial charge in [-0.3, -0.25) is 4.79 Å². The molecule has 4 N–H and O–H groups in total. The van der Waals surface area contributed by atoms with Crippen molar-refractivity contribution in [3.63, 3.8) is 0 Å². The lowest BCUT2D eigenvalue weighted by molar-refractivity contribution is -0.136. The lowest BCUT2D eigenvalue weighted by atomic mass is 9.86. The van der Waals surface area contributed by atoms with Crippen LogP contribution in [-0.4, -0.2) is 42.8 Å². The zero-order valence-electron chi connectivity index (χ0n) is 11.1. The number of ether oxygens (including phenoxy) is 1. The monoisotopic (exact) mass is 247 g/mol. The van der Waals surface area contributed by atoms with E-state index in [4.69, 9.17) is 16.2 Å². The van der Waals surface area contributed by atoms with Crippen LogP contribution in [0.4, 0.5) is 0 Å². The van der Waals surface area contributed by atoms with E-state index in [1.807, 2.05) is 25.7 Å². The molecule has 1 aliphatic heterocycles. The summed E-state index contributed by atoms with van der Waals surface area (Å²) in [5.74, 6) is 0.0284. The fraction of sp³-hybridized carbons (Fsp3) is 0.917. The summed E-state index contributed by atoms with van der Waals surface area (Å²) < 4.78 is 5.21. The van der Waals surface area contributed by atoms with E-state index >= 15 is 0 Å². The highest BCUT2D eigenvalue weighted by Crippen LogP contribution is 2.24. The molecule has 1 amide bonds. The van der Waals surface area contributed by atoms with Gasteiger partial charge in [-0.15, -0.1) is 0 Å². The van der Waals surface area contributed by atoms with Gasteiger partial charge < -0.3 is 21.1 Å². The first kappa shape index (κ1) is 14.4. The van der Waals surface area contributed by atoms with Crippen LogP contribution < -0.4 is 11.5 Å². The summed E-state index contributed by atoms with van der Waals surface area (Å²) in [4.78, 5) is 14.1. The smallest absolute Gasteiger partial charge is 0.240 e. The van der Waals surface area contributed by atoms with Crippen LogP contribution in [0.5, 0.6) is 0 Å². The van der Waals surface area contributed by atoms with Gasteiger partial charge in [-0.1, -0.05) is 20.8 Å². The summed E-state index contributed by atoms with van der Waals surface area (Å²) in [6.45, 7) is 7.44. The van der Waals surface area contributed by atoms with Crippen molar-refractivity contribution in [1.82, 2.24) is 4.90 Å². The minimum absolute atomic E-state index is 0. The van der Waals surface area contributed by atoms with Gasteiger partial charge in [-0.25, -0.2) is 0 Å². The first-order valence-corrected chi connectivity index (χ1v) is 6.21. The Morgan fingerprint density at radius 3 is 2.76 bits per heavy atom. The maximum Gasteiger partial charge on any atom is 0.240 e. The van der Waals surface area contributed by atoms with Crippen LogP contribution in [0.1, 0.15) is 36.5 Å². The van der Waals surface area contributed by atoms with E-state index in [1.54, 1.807) is 0 Å². The Kier molecular flexibility index (Phi) is 4.91. The van der Waals surface area contributed by atoms with E-state index in [9.17, 15) is 4.79 Å². The number of nitrogens with zero attached hydrogens (tertiary/aromatic N) is 1. The summed E-state index contributed by atoms with van der Waals surface area (Å²) >= 11 is 0. The molecule has 0 saturated carbocycles. The maximum absolute atomic E-state index is 12.3. The highest BCUT2D eigenvalue weighted by Gasteiger charge is 2.36. The molecule has 0 spiro atoms. The fourth-order valence-corrected chi connectivity index (χ4v) is 2.05. The number of carbonyl (C=O) groups excluding carboxylic acids is 1. The van der Waals surface area contributed by atoms with E-state index < -0.39 is 6.04 Å². The van der Waals surface area contributed by atoms with Crippen LogP contribution in [0.2, 0.25) is 0 Å². The van der Waals surface area contributed by atoms with E-state index in [0.717, 1.165) is 19.4 Å². The van der Waals surface area contributed by atoms with Gasteiger partial charge in [0.25, 0.3) is 0 Å². The summed E-state index contributed by atoms with van der Waals surface area (Å²) in [5, 5.41) is 0. The fourth-order valence-electron chi connectivity index (χ4n) is 2.05. The van der Waals surface area contributed by atoms with Crippen molar-refractivity contribution in [2.45, 2.75) is 45.7 Å². The van der Waals surface area contributed by atoms with Gasteiger partial charge in [0.15, 0.2) is 0 Å². The predicted molar refractivity (Wildman–Crippen MR) is 71.4 cm³/mol. The molecule has 5 nitrogen and oxygen atoms in total. The van der Waals surface area contributed by atoms with Crippen LogP contribution in [0.15, 0.2) is 0 Å². The average molecular weight is 247 g/mol. The third-order valence-electron chi connectivity index (χ3n) is 3.29. The SMILES string of the molecule is CC(C)(C)[C@H](N)C(=O)N1CCCC1COCN.[HH].[HH]. The van der Waals surface area contributed by atoms with Crippen LogP contribution in [0.25, 0.3) is 0 Å². The number of hydrogen-bond donors (Lipinski definition) is 2. The molecule has 0 aromatic rings. The van der Waals surface area contributed by atoms with Crippen LogP contribution >= 0.6 is 0 Å². The molecule has 0 radical (unpaired) electrons. The summed E-state index contributed by atoms with van der Waals surface area (Å²) in [6.07, 6.45) is 1.99. The van der Waals surface area contributed by atoms with Crippen LogP contribution in [0, 0.1) is 5.41 Å². The van der Waals surface area contributed by atoms with Crippen molar-refractivity contribution in [3.05, 3.63) is 0 Å². The number of nitrogens with two attached hydrogens (primary N) is 2. The molecule has 1 aliphatic rings. The standard InChI is InChI=1S/C12H25N3O2.2H2/c1-12(2,3)10(14)11(16)15-6-4-5-9(15)7-17-8-13;;/h9-10H,4-8,13-14H2,1-3H3;2*1H/t9?,10-;;/m1../s1. The molecule has 5 heteroatoms. The molecule has 17 heavy (non-hydrogen) atoms. The van der Waals surface area contributed by atoms with Gasteiger partial charge in [0.1, 0.15) is 0 Å². The molecule has 0 aromatic carbocycles. The second kappa shape index (κ2) is 5.80. The van der Waals surface area contributed by atoms with Gasteiger partial charge in [0.2, 0.25) is 5.91 Å².